The zero-order chi connectivity index (χ0) is 55.1. The number of nitrogen functional groups attached to an aromatic ring is 2. The van der Waals surface area contributed by atoms with Gasteiger partial charge < -0.3 is 66.8 Å². The fraction of sp³-hybridized carbons (Fsp3) is 0.353. The summed E-state index contributed by atoms with van der Waals surface area (Å²) in [4.78, 5) is 96.3. The molecule has 11 N–H and O–H groups in total. The van der Waals surface area contributed by atoms with E-state index in [1.54, 1.807) is 65.8 Å². The van der Waals surface area contributed by atoms with E-state index < -0.39 is 29.9 Å². The maximum Gasteiger partial charge on any atom is 0.333 e. The smallest absolute Gasteiger partial charge is 0.333 e. The number of morpholine rings is 1. The molecule has 1 saturated heterocycles. The molecule has 2 aliphatic rings. The van der Waals surface area contributed by atoms with Gasteiger partial charge in [0.15, 0.2) is 22.8 Å². The molecular formula is C51H59N15O12. The highest BCUT2D eigenvalue weighted by Crippen LogP contribution is 2.44. The lowest BCUT2D eigenvalue weighted by atomic mass is 10.0. The second-order valence-electron chi connectivity index (χ2n) is 17.8. The van der Waals surface area contributed by atoms with E-state index in [4.69, 9.17) is 35.5 Å². The van der Waals surface area contributed by atoms with Crippen LogP contribution >= 0.6 is 0 Å². The van der Waals surface area contributed by atoms with Crippen molar-refractivity contribution < 1.29 is 57.9 Å². The van der Waals surface area contributed by atoms with Gasteiger partial charge in [-0.15, -0.1) is 0 Å². The highest BCUT2D eigenvalue weighted by atomic mass is 16.5. The molecule has 27 heteroatoms. The quantitative estimate of drug-likeness (QED) is 0.0345. The number of ketones is 1. The minimum Gasteiger partial charge on any atom is -0.508 e. The van der Waals surface area contributed by atoms with Crippen LogP contribution in [0, 0.1) is 0 Å². The van der Waals surface area contributed by atoms with Gasteiger partial charge in [-0.2, -0.15) is 15.1 Å². The number of hydrogen-bond donors (Lipinski definition) is 9. The van der Waals surface area contributed by atoms with Crippen molar-refractivity contribution in [1.82, 2.24) is 56.1 Å². The topological polar surface area (TPSA) is 368 Å². The third kappa shape index (κ3) is 14.3. The van der Waals surface area contributed by atoms with Gasteiger partial charge in [-0.3, -0.25) is 29.3 Å². The molecule has 0 saturated carbocycles. The number of urea groups is 1. The largest absolute Gasteiger partial charge is 0.508 e. The highest BCUT2D eigenvalue weighted by Gasteiger charge is 2.37. The number of rotatable bonds is 26. The normalized spacial score (nSPS) is 13.3. The summed E-state index contributed by atoms with van der Waals surface area (Å²) in [5.41, 5.74) is 19.2. The van der Waals surface area contributed by atoms with Crippen LogP contribution in [0.25, 0.3) is 33.7 Å². The van der Waals surface area contributed by atoms with E-state index in [1.165, 1.54) is 16.8 Å². The molecule has 3 aromatic heterocycles. The number of carboxylic acid groups (broad SMARTS) is 1. The number of phenols is 1. The number of anilines is 4. The number of nitrogens with two attached hydrogens (primary N) is 2. The molecule has 1 atom stereocenters. The third-order valence-electron chi connectivity index (χ3n) is 12.3. The van der Waals surface area contributed by atoms with Crippen LogP contribution in [-0.4, -0.2) is 173 Å². The zero-order valence-corrected chi connectivity index (χ0v) is 42.5. The van der Waals surface area contributed by atoms with Crippen molar-refractivity contribution in [2.24, 2.45) is 0 Å². The SMILES string of the molecule is CN(Cc1cnc2nc(N)nc(N)c2n1)c1ccc(C(=O)NC(CCC(=O)NCCOCCOCCOCCNC(=O)Cn2nc3c(c2-c2ccc(O)cc2)C(=O)c2c(NC(=O)NN4CCOCC4)cccc2-3)C(=O)O)cc1. The Hall–Kier alpha value is -8.89. The first kappa shape index (κ1) is 55.3. The van der Waals surface area contributed by atoms with Gasteiger partial charge in [0.1, 0.15) is 24.0 Å². The van der Waals surface area contributed by atoms with Crippen LogP contribution < -0.4 is 43.1 Å². The Labute approximate surface area is 446 Å². The first-order valence-corrected chi connectivity index (χ1v) is 24.9. The predicted octanol–water partition coefficient (Wildman–Crippen LogP) is 1.32. The van der Waals surface area contributed by atoms with Gasteiger partial charge >= 0.3 is 12.0 Å². The Morgan fingerprint density at radius 1 is 0.833 bits per heavy atom. The van der Waals surface area contributed by atoms with Crippen molar-refractivity contribution in [3.63, 3.8) is 0 Å². The summed E-state index contributed by atoms with van der Waals surface area (Å²) in [5, 5.41) is 37.0. The van der Waals surface area contributed by atoms with E-state index >= 15 is 0 Å². The van der Waals surface area contributed by atoms with Crippen LogP contribution in [0.3, 0.4) is 0 Å². The Balaban J connectivity index is 0.682. The first-order chi connectivity index (χ1) is 37.7. The summed E-state index contributed by atoms with van der Waals surface area (Å²) in [5.74, 6) is -2.92. The number of fused-ring (bicyclic) bond motifs is 4. The second kappa shape index (κ2) is 26.2. The molecule has 1 aliphatic heterocycles. The van der Waals surface area contributed by atoms with E-state index in [0.717, 1.165) is 5.69 Å². The molecule has 6 aromatic rings. The minimum atomic E-state index is -1.31. The molecule has 8 rings (SSSR count). The number of nitrogens with zero attached hydrogens (tertiary/aromatic N) is 8. The number of benzene rings is 3. The second-order valence-corrected chi connectivity index (χ2v) is 17.8. The van der Waals surface area contributed by atoms with Crippen molar-refractivity contribution in [2.45, 2.75) is 32.0 Å². The van der Waals surface area contributed by atoms with Gasteiger partial charge in [-0.05, 0) is 61.0 Å². The molecule has 1 aliphatic carbocycles. The van der Waals surface area contributed by atoms with Gasteiger partial charge in [-0.25, -0.2) is 24.6 Å². The van der Waals surface area contributed by atoms with Gasteiger partial charge in [0.2, 0.25) is 17.8 Å². The van der Waals surface area contributed by atoms with Crippen molar-refractivity contribution in [3.05, 3.63) is 95.3 Å². The molecule has 0 spiro atoms. The molecule has 4 heterocycles. The maximum atomic E-state index is 14.2. The van der Waals surface area contributed by atoms with Crippen LogP contribution in [0.2, 0.25) is 0 Å². The maximum absolute atomic E-state index is 14.2. The first-order valence-electron chi connectivity index (χ1n) is 24.9. The summed E-state index contributed by atoms with van der Waals surface area (Å²) in [6.45, 7) is 3.84. The summed E-state index contributed by atoms with van der Waals surface area (Å²) >= 11 is 0. The van der Waals surface area contributed by atoms with Crippen molar-refractivity contribution >= 4 is 69.8 Å². The van der Waals surface area contributed by atoms with E-state index in [2.05, 4.69) is 46.6 Å². The Kier molecular flexibility index (Phi) is 18.6. The number of hydrogen-bond acceptors (Lipinski definition) is 20. The summed E-state index contributed by atoms with van der Waals surface area (Å²) < 4.78 is 23.4. The van der Waals surface area contributed by atoms with E-state index in [9.17, 15) is 39.0 Å². The highest BCUT2D eigenvalue weighted by molar-refractivity contribution is 6.27. The molecule has 5 amide bonds. The van der Waals surface area contributed by atoms with E-state index in [1.807, 2.05) is 11.9 Å². The monoisotopic (exact) mass is 1070 g/mol. The molecule has 0 radical (unpaired) electrons. The number of nitrogens with one attached hydrogen (secondary N) is 5. The number of carbonyl (C=O) groups excluding carboxylic acids is 5. The van der Waals surface area contributed by atoms with Crippen LogP contribution in [0.15, 0.2) is 72.9 Å². The average molecular weight is 1070 g/mol. The molecule has 410 valence electrons. The Bertz CT molecular complexity index is 3130. The number of hydrazine groups is 1. The summed E-state index contributed by atoms with van der Waals surface area (Å²) in [6, 6.07) is 16.0. The van der Waals surface area contributed by atoms with Gasteiger partial charge in [-0.1, -0.05) is 12.1 Å². The van der Waals surface area contributed by atoms with E-state index in [-0.39, 0.29) is 124 Å². The van der Waals surface area contributed by atoms with E-state index in [0.29, 0.717) is 72.3 Å². The number of ether oxygens (including phenoxy) is 4. The Morgan fingerprint density at radius 2 is 1.51 bits per heavy atom. The fourth-order valence-corrected chi connectivity index (χ4v) is 8.47. The molecule has 1 fully saturated rings. The number of carboxylic acids is 1. The summed E-state index contributed by atoms with van der Waals surface area (Å²) in [6.07, 6.45) is 1.26. The van der Waals surface area contributed by atoms with Crippen LogP contribution in [-0.2, 0) is 46.4 Å². The lowest BCUT2D eigenvalue weighted by Gasteiger charge is -2.27. The van der Waals surface area contributed by atoms with Crippen molar-refractivity contribution in [3.8, 4) is 28.3 Å². The molecule has 1 unspecified atom stereocenters. The van der Waals surface area contributed by atoms with Crippen LogP contribution in [0.4, 0.5) is 27.9 Å². The van der Waals surface area contributed by atoms with Gasteiger partial charge in [0, 0.05) is 62.0 Å². The van der Waals surface area contributed by atoms with Crippen molar-refractivity contribution in [1.29, 1.82) is 0 Å². The number of phenolic OH excluding ortho intramolecular Hbond substituents is 1. The number of aliphatic carboxylic acids is 1. The predicted molar refractivity (Wildman–Crippen MR) is 282 cm³/mol. The lowest BCUT2D eigenvalue weighted by molar-refractivity contribution is -0.139. The molecule has 27 nitrogen and oxygen atoms in total. The standard InChI is InChI=1S/C51H59N15O12/c1-64(28-32-27-56-47-43(57-32)46(52)60-50(53)61-47)33-9-5-31(6-10-33)48(71)58-37(49(72)73)13-14-38(68)54-15-19-75-23-25-78-26-24-76-20-16-55-39(69)29-66-44(30-7-11-34(67)12-8-30)41-42(62-66)35-3-2-4-36(40(35)45(41)70)59-51(74)63-65-17-21-77-22-18-65/h2-12,27,37,67H,13-26,28-29H2,1H3,(H,54,68)(H,55,69)(H,58,71)(H,72,73)(H2,59,63,74)(H4,52,53,56,60,61). The van der Waals surface area contributed by atoms with Crippen LogP contribution in [0.1, 0.15) is 44.8 Å². The number of aromatic hydroxyl groups is 1. The average Bonchev–Trinajstić information content (AvgIpc) is 4.09. The Morgan fingerprint density at radius 3 is 2.21 bits per heavy atom. The van der Waals surface area contributed by atoms with Gasteiger partial charge in [0.25, 0.3) is 5.91 Å². The molecule has 78 heavy (non-hydrogen) atoms. The molecular weight excluding hydrogens is 1010 g/mol. The number of carbonyl (C=O) groups is 6. The van der Waals surface area contributed by atoms with Gasteiger partial charge in [0.05, 0.1) is 93.8 Å². The molecule has 3 aromatic carbocycles. The number of aromatic nitrogens is 6. The minimum absolute atomic E-state index is 0.00308. The van der Waals surface area contributed by atoms with Crippen molar-refractivity contribution in [2.75, 3.05) is 108 Å². The zero-order valence-electron chi connectivity index (χ0n) is 42.5. The fourth-order valence-electron chi connectivity index (χ4n) is 8.47. The van der Waals surface area contributed by atoms with Crippen LogP contribution in [0.5, 0.6) is 5.75 Å². The molecule has 0 bridgehead atoms. The lowest BCUT2D eigenvalue weighted by Crippen LogP contribution is -2.49. The third-order valence-corrected chi connectivity index (χ3v) is 12.3. The summed E-state index contributed by atoms with van der Waals surface area (Å²) in [7, 11) is 1.82. The number of amides is 5.